The molecule has 0 amide bonds. The number of nitrogens with zero attached hydrogens (tertiary/aromatic N) is 3. The molecule has 3 rings (SSSR count). The number of hydrogen-bond acceptors (Lipinski definition) is 4. The number of H-pyrrole nitrogens is 1. The second kappa shape index (κ2) is 5.91. The summed E-state index contributed by atoms with van der Waals surface area (Å²) < 4.78 is 0. The zero-order chi connectivity index (χ0) is 14.7. The topological polar surface area (TPSA) is 66.5 Å². The Morgan fingerprint density at radius 3 is 2.76 bits per heavy atom. The molecule has 0 fully saturated rings. The maximum atomic E-state index is 4.34. The number of aromatic nitrogens is 4. The standard InChI is InChI=1S/C16H19N5/c1-3-13(8-12-6-4-11(2)5-7-12)20-15-14-9-19-21-16(14)18-10-17-15/h4-7,9-10,13H,3,8H2,1-2H3,(H2,17,18,19,20,21). The number of nitrogens with one attached hydrogen (secondary N) is 2. The highest BCUT2D eigenvalue weighted by molar-refractivity contribution is 5.85. The zero-order valence-corrected chi connectivity index (χ0v) is 12.3. The van der Waals surface area contributed by atoms with Gasteiger partial charge in [-0.05, 0) is 25.3 Å². The Balaban J connectivity index is 1.78. The van der Waals surface area contributed by atoms with Crippen molar-refractivity contribution in [3.05, 3.63) is 47.9 Å². The summed E-state index contributed by atoms with van der Waals surface area (Å²) in [6.45, 7) is 4.29. The molecule has 0 aliphatic heterocycles. The van der Waals surface area contributed by atoms with Crippen LogP contribution in [0.3, 0.4) is 0 Å². The van der Waals surface area contributed by atoms with Gasteiger partial charge in [0.2, 0.25) is 0 Å². The average Bonchev–Trinajstić information content (AvgIpc) is 2.98. The minimum atomic E-state index is 0.334. The molecule has 2 heterocycles. The number of benzene rings is 1. The van der Waals surface area contributed by atoms with E-state index in [0.29, 0.717) is 6.04 Å². The number of fused-ring (bicyclic) bond motifs is 1. The first kappa shape index (κ1) is 13.5. The smallest absolute Gasteiger partial charge is 0.160 e. The molecule has 0 aliphatic rings. The van der Waals surface area contributed by atoms with Gasteiger partial charge in [-0.1, -0.05) is 36.8 Å². The van der Waals surface area contributed by atoms with Gasteiger partial charge < -0.3 is 5.32 Å². The fourth-order valence-corrected chi connectivity index (χ4v) is 2.38. The maximum absolute atomic E-state index is 4.34. The van der Waals surface area contributed by atoms with Crippen molar-refractivity contribution in [2.24, 2.45) is 0 Å². The second-order valence-corrected chi connectivity index (χ2v) is 5.29. The lowest BCUT2D eigenvalue weighted by Crippen LogP contribution is -2.22. The molecule has 2 N–H and O–H groups in total. The van der Waals surface area contributed by atoms with Crippen LogP contribution in [0.2, 0.25) is 0 Å². The molecule has 3 aromatic rings. The molecule has 21 heavy (non-hydrogen) atoms. The van der Waals surface area contributed by atoms with E-state index in [-0.39, 0.29) is 0 Å². The van der Waals surface area contributed by atoms with Crippen molar-refractivity contribution in [1.82, 2.24) is 20.2 Å². The third-order valence-electron chi connectivity index (χ3n) is 3.68. The minimum Gasteiger partial charge on any atom is -0.366 e. The van der Waals surface area contributed by atoms with Crippen molar-refractivity contribution in [3.63, 3.8) is 0 Å². The molecule has 0 bridgehead atoms. The Bertz CT molecular complexity index is 717. The van der Waals surface area contributed by atoms with E-state index in [1.807, 2.05) is 0 Å². The third kappa shape index (κ3) is 3.02. The quantitative estimate of drug-likeness (QED) is 0.754. The Morgan fingerprint density at radius 2 is 2.00 bits per heavy atom. The van der Waals surface area contributed by atoms with Crippen molar-refractivity contribution in [1.29, 1.82) is 0 Å². The number of hydrogen-bond donors (Lipinski definition) is 2. The Hall–Kier alpha value is -2.43. The number of rotatable bonds is 5. The molecule has 5 heteroatoms. The van der Waals surface area contributed by atoms with E-state index in [0.717, 1.165) is 29.7 Å². The van der Waals surface area contributed by atoms with Crippen LogP contribution in [0.25, 0.3) is 11.0 Å². The fraction of sp³-hybridized carbons (Fsp3) is 0.312. The molecule has 1 unspecified atom stereocenters. The summed E-state index contributed by atoms with van der Waals surface area (Å²) in [5.74, 6) is 0.840. The lowest BCUT2D eigenvalue weighted by atomic mass is 10.0. The number of aromatic amines is 1. The summed E-state index contributed by atoms with van der Waals surface area (Å²) in [7, 11) is 0. The summed E-state index contributed by atoms with van der Waals surface area (Å²) >= 11 is 0. The van der Waals surface area contributed by atoms with Crippen LogP contribution in [0, 0.1) is 6.92 Å². The first-order chi connectivity index (χ1) is 10.3. The van der Waals surface area contributed by atoms with E-state index in [1.54, 1.807) is 12.5 Å². The largest absolute Gasteiger partial charge is 0.366 e. The van der Waals surface area contributed by atoms with Crippen LogP contribution in [0.15, 0.2) is 36.8 Å². The molecule has 0 spiro atoms. The molecular weight excluding hydrogens is 262 g/mol. The van der Waals surface area contributed by atoms with Crippen molar-refractivity contribution in [3.8, 4) is 0 Å². The molecule has 1 aromatic carbocycles. The first-order valence-electron chi connectivity index (χ1n) is 7.22. The van der Waals surface area contributed by atoms with Gasteiger partial charge >= 0.3 is 0 Å². The van der Waals surface area contributed by atoms with Crippen molar-refractivity contribution in [2.75, 3.05) is 5.32 Å². The number of aryl methyl sites for hydroxylation is 1. The van der Waals surface area contributed by atoms with Crippen LogP contribution in [0.1, 0.15) is 24.5 Å². The Morgan fingerprint density at radius 1 is 1.19 bits per heavy atom. The van der Waals surface area contributed by atoms with E-state index < -0.39 is 0 Å². The van der Waals surface area contributed by atoms with Gasteiger partial charge in [-0.25, -0.2) is 9.97 Å². The predicted molar refractivity (Wildman–Crippen MR) is 84.3 cm³/mol. The van der Waals surface area contributed by atoms with Gasteiger partial charge in [0.15, 0.2) is 5.65 Å². The van der Waals surface area contributed by atoms with Gasteiger partial charge in [0.05, 0.1) is 11.6 Å². The summed E-state index contributed by atoms with van der Waals surface area (Å²) in [5, 5.41) is 11.3. The van der Waals surface area contributed by atoms with Crippen molar-refractivity contribution in [2.45, 2.75) is 32.7 Å². The highest BCUT2D eigenvalue weighted by atomic mass is 15.2. The summed E-state index contributed by atoms with van der Waals surface area (Å²) in [6, 6.07) is 9.02. The van der Waals surface area contributed by atoms with Crippen LogP contribution in [-0.2, 0) is 6.42 Å². The Labute approximate surface area is 123 Å². The van der Waals surface area contributed by atoms with E-state index in [4.69, 9.17) is 0 Å². The van der Waals surface area contributed by atoms with E-state index in [1.165, 1.54) is 11.1 Å². The highest BCUT2D eigenvalue weighted by Crippen LogP contribution is 2.19. The molecule has 1 atom stereocenters. The number of anilines is 1. The predicted octanol–water partition coefficient (Wildman–Crippen LogP) is 3.09. The molecule has 0 saturated heterocycles. The first-order valence-corrected chi connectivity index (χ1v) is 7.22. The SMILES string of the molecule is CCC(Cc1ccc(C)cc1)Nc1ncnc2[nH]ncc12. The normalized spacial score (nSPS) is 12.5. The van der Waals surface area contributed by atoms with Gasteiger partial charge in [-0.15, -0.1) is 0 Å². The van der Waals surface area contributed by atoms with Gasteiger partial charge in [0, 0.05) is 6.04 Å². The molecule has 2 aromatic heterocycles. The fourth-order valence-electron chi connectivity index (χ4n) is 2.38. The van der Waals surface area contributed by atoms with Gasteiger partial charge in [0.25, 0.3) is 0 Å². The lowest BCUT2D eigenvalue weighted by Gasteiger charge is -2.18. The van der Waals surface area contributed by atoms with Crippen molar-refractivity contribution < 1.29 is 0 Å². The molecule has 5 nitrogen and oxygen atoms in total. The molecule has 0 saturated carbocycles. The van der Waals surface area contributed by atoms with Crippen molar-refractivity contribution >= 4 is 16.9 Å². The van der Waals surface area contributed by atoms with E-state index in [2.05, 4.69) is 63.6 Å². The van der Waals surface area contributed by atoms with Gasteiger partial charge in [-0.3, -0.25) is 5.10 Å². The average molecular weight is 281 g/mol. The summed E-state index contributed by atoms with van der Waals surface area (Å²) in [6.07, 6.45) is 5.31. The maximum Gasteiger partial charge on any atom is 0.160 e. The summed E-state index contributed by atoms with van der Waals surface area (Å²) in [4.78, 5) is 8.50. The molecule has 108 valence electrons. The van der Waals surface area contributed by atoms with Crippen LogP contribution in [-0.4, -0.2) is 26.2 Å². The van der Waals surface area contributed by atoms with E-state index >= 15 is 0 Å². The zero-order valence-electron chi connectivity index (χ0n) is 12.3. The molecular formula is C16H19N5. The molecule has 0 aliphatic carbocycles. The van der Waals surface area contributed by atoms with Crippen LogP contribution in [0.4, 0.5) is 5.82 Å². The second-order valence-electron chi connectivity index (χ2n) is 5.29. The van der Waals surface area contributed by atoms with Crippen LogP contribution >= 0.6 is 0 Å². The Kier molecular flexibility index (Phi) is 3.81. The molecule has 0 radical (unpaired) electrons. The monoisotopic (exact) mass is 281 g/mol. The van der Waals surface area contributed by atoms with Gasteiger partial charge in [0.1, 0.15) is 12.1 Å². The van der Waals surface area contributed by atoms with E-state index in [9.17, 15) is 0 Å². The van der Waals surface area contributed by atoms with Crippen LogP contribution in [0.5, 0.6) is 0 Å². The lowest BCUT2D eigenvalue weighted by molar-refractivity contribution is 0.687. The third-order valence-corrected chi connectivity index (χ3v) is 3.68. The van der Waals surface area contributed by atoms with Gasteiger partial charge in [-0.2, -0.15) is 5.10 Å². The summed E-state index contributed by atoms with van der Waals surface area (Å²) in [5.41, 5.74) is 3.38. The minimum absolute atomic E-state index is 0.334. The highest BCUT2D eigenvalue weighted by Gasteiger charge is 2.11. The van der Waals surface area contributed by atoms with Crippen LogP contribution < -0.4 is 5.32 Å².